The zero-order valence-corrected chi connectivity index (χ0v) is 12.3. The fraction of sp³-hybridized carbons (Fsp3) is 0.545. The van der Waals surface area contributed by atoms with E-state index in [4.69, 9.17) is 9.52 Å². The number of carboxylic acid groups (broad SMARTS) is 1. The van der Waals surface area contributed by atoms with E-state index in [1.54, 1.807) is 0 Å². The van der Waals surface area contributed by atoms with Crippen molar-refractivity contribution in [2.75, 3.05) is 13.1 Å². The number of furan rings is 1. The molecular formula is C11H13Br2NO3. The first-order chi connectivity index (χ1) is 8.06. The smallest absolute Gasteiger partial charge is 0.306 e. The Morgan fingerprint density at radius 1 is 1.47 bits per heavy atom. The highest BCUT2D eigenvalue weighted by atomic mass is 79.9. The molecule has 0 unspecified atom stereocenters. The van der Waals surface area contributed by atoms with Crippen LogP contribution in [-0.2, 0) is 11.3 Å². The van der Waals surface area contributed by atoms with Gasteiger partial charge in [-0.3, -0.25) is 9.69 Å². The summed E-state index contributed by atoms with van der Waals surface area (Å²) < 4.78 is 7.12. The molecule has 17 heavy (non-hydrogen) atoms. The molecule has 0 saturated carbocycles. The number of rotatable bonds is 3. The molecule has 0 bridgehead atoms. The Morgan fingerprint density at radius 2 is 2.12 bits per heavy atom. The molecule has 6 heteroatoms. The van der Waals surface area contributed by atoms with Crippen molar-refractivity contribution in [3.8, 4) is 0 Å². The van der Waals surface area contributed by atoms with Gasteiger partial charge in [-0.05, 0) is 63.9 Å². The van der Waals surface area contributed by atoms with Gasteiger partial charge in [0.05, 0.1) is 16.9 Å². The lowest BCUT2D eigenvalue weighted by Gasteiger charge is -2.29. The molecule has 2 heterocycles. The maximum atomic E-state index is 10.8. The maximum absolute atomic E-state index is 10.8. The summed E-state index contributed by atoms with van der Waals surface area (Å²) in [4.78, 5) is 13.0. The fourth-order valence-electron chi connectivity index (χ4n) is 2.03. The van der Waals surface area contributed by atoms with E-state index in [1.165, 1.54) is 0 Å². The van der Waals surface area contributed by atoms with Crippen molar-refractivity contribution in [1.29, 1.82) is 0 Å². The van der Waals surface area contributed by atoms with Crippen LogP contribution in [0.2, 0.25) is 0 Å². The predicted molar refractivity (Wildman–Crippen MR) is 69.7 cm³/mol. The van der Waals surface area contributed by atoms with Gasteiger partial charge in [-0.1, -0.05) is 0 Å². The van der Waals surface area contributed by atoms with Crippen LogP contribution in [0, 0.1) is 5.92 Å². The zero-order chi connectivity index (χ0) is 12.4. The van der Waals surface area contributed by atoms with E-state index in [0.717, 1.165) is 42.7 Å². The number of carboxylic acids is 1. The second-order valence-corrected chi connectivity index (χ2v) is 5.80. The lowest BCUT2D eigenvalue weighted by molar-refractivity contribution is -0.143. The maximum Gasteiger partial charge on any atom is 0.306 e. The Kier molecular flexibility index (Phi) is 4.27. The summed E-state index contributed by atoms with van der Waals surface area (Å²) in [7, 11) is 0. The second kappa shape index (κ2) is 5.54. The van der Waals surface area contributed by atoms with Crippen LogP contribution in [-0.4, -0.2) is 29.1 Å². The molecule has 0 spiro atoms. The average molecular weight is 367 g/mol. The fourth-order valence-corrected chi connectivity index (χ4v) is 2.69. The summed E-state index contributed by atoms with van der Waals surface area (Å²) in [6.45, 7) is 2.36. The molecule has 0 amide bonds. The van der Waals surface area contributed by atoms with Crippen LogP contribution in [0.3, 0.4) is 0 Å². The summed E-state index contributed by atoms with van der Waals surface area (Å²) in [6.07, 6.45) is 1.44. The lowest BCUT2D eigenvalue weighted by atomic mass is 9.97. The molecule has 1 N–H and O–H groups in total. The third-order valence-corrected chi connectivity index (χ3v) is 4.72. The number of hydrogen-bond acceptors (Lipinski definition) is 3. The number of piperidine rings is 1. The minimum Gasteiger partial charge on any atom is -0.481 e. The molecule has 0 aromatic carbocycles. The van der Waals surface area contributed by atoms with Gasteiger partial charge in [-0.15, -0.1) is 0 Å². The molecule has 0 atom stereocenters. The second-order valence-electron chi connectivity index (χ2n) is 4.22. The largest absolute Gasteiger partial charge is 0.481 e. The Labute approximate surface area is 116 Å². The number of aliphatic carboxylic acids is 1. The normalized spacial score (nSPS) is 18.5. The molecule has 2 rings (SSSR count). The van der Waals surface area contributed by atoms with Gasteiger partial charge in [0.15, 0.2) is 4.67 Å². The highest BCUT2D eigenvalue weighted by molar-refractivity contribution is 9.13. The molecule has 4 nitrogen and oxygen atoms in total. The molecule has 1 aliphatic rings. The molecule has 1 aromatic heterocycles. The van der Waals surface area contributed by atoms with Gasteiger partial charge >= 0.3 is 5.97 Å². The van der Waals surface area contributed by atoms with Gasteiger partial charge in [0, 0.05) is 0 Å². The molecule has 1 saturated heterocycles. The number of hydrogen-bond donors (Lipinski definition) is 1. The van der Waals surface area contributed by atoms with Crippen molar-refractivity contribution in [2.24, 2.45) is 5.92 Å². The third kappa shape index (κ3) is 3.33. The number of carbonyl (C=O) groups is 1. The van der Waals surface area contributed by atoms with Crippen molar-refractivity contribution in [3.63, 3.8) is 0 Å². The highest BCUT2D eigenvalue weighted by Crippen LogP contribution is 2.28. The van der Waals surface area contributed by atoms with Gasteiger partial charge in [0.25, 0.3) is 0 Å². The Hall–Kier alpha value is -0.330. The molecule has 1 aromatic rings. The van der Waals surface area contributed by atoms with E-state index >= 15 is 0 Å². The van der Waals surface area contributed by atoms with Gasteiger partial charge < -0.3 is 9.52 Å². The first-order valence-corrected chi connectivity index (χ1v) is 7.03. The molecule has 0 aliphatic carbocycles. The van der Waals surface area contributed by atoms with E-state index < -0.39 is 5.97 Å². The Balaban J connectivity index is 1.88. The van der Waals surface area contributed by atoms with E-state index in [-0.39, 0.29) is 5.92 Å². The van der Waals surface area contributed by atoms with Crippen LogP contribution in [0.5, 0.6) is 0 Å². The van der Waals surface area contributed by atoms with Gasteiger partial charge in [-0.25, -0.2) is 0 Å². The van der Waals surface area contributed by atoms with E-state index in [0.29, 0.717) is 4.67 Å². The third-order valence-electron chi connectivity index (χ3n) is 3.01. The van der Waals surface area contributed by atoms with Crippen LogP contribution in [0.25, 0.3) is 0 Å². The zero-order valence-electron chi connectivity index (χ0n) is 9.16. The highest BCUT2D eigenvalue weighted by Gasteiger charge is 2.24. The summed E-state index contributed by atoms with van der Waals surface area (Å²) in [5, 5.41) is 8.90. The Morgan fingerprint density at radius 3 is 2.59 bits per heavy atom. The van der Waals surface area contributed by atoms with Crippen LogP contribution in [0.15, 0.2) is 19.6 Å². The number of nitrogens with zero attached hydrogens (tertiary/aromatic N) is 1. The van der Waals surface area contributed by atoms with Crippen LogP contribution in [0.4, 0.5) is 0 Å². The lowest BCUT2D eigenvalue weighted by Crippen LogP contribution is -2.35. The number of halogens is 2. The van der Waals surface area contributed by atoms with Gasteiger partial charge in [0.2, 0.25) is 0 Å². The van der Waals surface area contributed by atoms with Crippen molar-refractivity contribution < 1.29 is 14.3 Å². The molecule has 0 radical (unpaired) electrons. The first kappa shape index (κ1) is 13.1. The SMILES string of the molecule is O=C(O)C1CCN(Cc2cc(Br)c(Br)o2)CC1. The summed E-state index contributed by atoms with van der Waals surface area (Å²) in [5.74, 6) is 0.0342. The van der Waals surface area contributed by atoms with Gasteiger partial charge in [-0.2, -0.15) is 0 Å². The average Bonchev–Trinajstić information content (AvgIpc) is 2.58. The first-order valence-electron chi connectivity index (χ1n) is 5.45. The van der Waals surface area contributed by atoms with E-state index in [9.17, 15) is 4.79 Å². The quantitative estimate of drug-likeness (QED) is 0.892. The molecular weight excluding hydrogens is 354 g/mol. The van der Waals surface area contributed by atoms with Crippen molar-refractivity contribution in [3.05, 3.63) is 21.0 Å². The Bertz CT molecular complexity index is 391. The summed E-state index contributed by atoms with van der Waals surface area (Å²) in [5.41, 5.74) is 0. The van der Waals surface area contributed by atoms with Crippen molar-refractivity contribution in [2.45, 2.75) is 19.4 Å². The van der Waals surface area contributed by atoms with E-state index in [1.807, 2.05) is 6.07 Å². The monoisotopic (exact) mass is 365 g/mol. The number of likely N-dealkylation sites (tertiary alicyclic amines) is 1. The topological polar surface area (TPSA) is 53.7 Å². The molecule has 94 valence electrons. The standard InChI is InChI=1S/C11H13Br2NO3/c12-9-5-8(17-10(9)13)6-14-3-1-7(2-4-14)11(15)16/h5,7H,1-4,6H2,(H,15,16). The minimum atomic E-state index is -0.673. The van der Waals surface area contributed by atoms with Crippen molar-refractivity contribution >= 4 is 37.8 Å². The summed E-state index contributed by atoms with van der Waals surface area (Å²) >= 11 is 6.67. The molecule has 1 aliphatic heterocycles. The summed E-state index contributed by atoms with van der Waals surface area (Å²) in [6, 6.07) is 1.94. The molecule has 1 fully saturated rings. The van der Waals surface area contributed by atoms with Crippen LogP contribution >= 0.6 is 31.9 Å². The van der Waals surface area contributed by atoms with Crippen LogP contribution in [0.1, 0.15) is 18.6 Å². The van der Waals surface area contributed by atoms with Crippen molar-refractivity contribution in [1.82, 2.24) is 4.90 Å². The van der Waals surface area contributed by atoms with Crippen LogP contribution < -0.4 is 0 Å². The predicted octanol–water partition coefficient (Wildman–Crippen LogP) is 3.10. The van der Waals surface area contributed by atoms with Gasteiger partial charge in [0.1, 0.15) is 5.76 Å². The minimum absolute atomic E-state index is 0.179. The van der Waals surface area contributed by atoms with E-state index in [2.05, 4.69) is 36.8 Å².